The number of rotatable bonds is 5. The molecule has 0 aliphatic rings. The number of esters is 2. The van der Waals surface area contributed by atoms with Crippen molar-refractivity contribution in [3.8, 4) is 5.75 Å². The first-order chi connectivity index (χ1) is 10.9. The Balaban J connectivity index is 2.11. The van der Waals surface area contributed by atoms with Gasteiger partial charge in [-0.05, 0) is 17.1 Å². The van der Waals surface area contributed by atoms with Crippen LogP contribution in [0.1, 0.15) is 23.0 Å². The molecule has 0 spiro atoms. The maximum atomic E-state index is 12.1. The Morgan fingerprint density at radius 1 is 1.35 bits per heavy atom. The number of hydrogen-bond donors (Lipinski definition) is 0. The number of imidazole rings is 1. The average molecular weight is 319 g/mol. The fourth-order valence-corrected chi connectivity index (χ4v) is 1.83. The van der Waals surface area contributed by atoms with E-state index in [-0.39, 0.29) is 23.9 Å². The SMILES string of the molecule is CC(=O)Oc1ccccc1C(=O)OCc1cnc([N+](=O)[O-])n1C. The van der Waals surface area contributed by atoms with E-state index in [1.807, 2.05) is 0 Å². The summed E-state index contributed by atoms with van der Waals surface area (Å²) in [5.41, 5.74) is 0.439. The van der Waals surface area contributed by atoms with Gasteiger partial charge in [-0.15, -0.1) is 0 Å². The Bertz CT molecular complexity index is 768. The molecule has 0 fully saturated rings. The topological polar surface area (TPSA) is 114 Å². The van der Waals surface area contributed by atoms with Crippen LogP contribution < -0.4 is 4.74 Å². The number of hydrogen-bond acceptors (Lipinski definition) is 7. The summed E-state index contributed by atoms with van der Waals surface area (Å²) < 4.78 is 11.2. The second-order valence-corrected chi connectivity index (χ2v) is 4.53. The van der Waals surface area contributed by atoms with Crippen molar-refractivity contribution in [1.29, 1.82) is 0 Å². The lowest BCUT2D eigenvalue weighted by atomic mass is 10.2. The van der Waals surface area contributed by atoms with Crippen molar-refractivity contribution in [2.75, 3.05) is 0 Å². The summed E-state index contributed by atoms with van der Waals surface area (Å²) in [5, 5.41) is 10.7. The molecule has 2 rings (SSSR count). The molecule has 0 amide bonds. The van der Waals surface area contributed by atoms with E-state index < -0.39 is 16.9 Å². The van der Waals surface area contributed by atoms with Crippen LogP contribution in [0.5, 0.6) is 5.75 Å². The number of ether oxygens (including phenoxy) is 2. The second kappa shape index (κ2) is 6.69. The van der Waals surface area contributed by atoms with Crippen LogP contribution >= 0.6 is 0 Å². The summed E-state index contributed by atoms with van der Waals surface area (Å²) >= 11 is 0. The van der Waals surface area contributed by atoms with Crippen molar-refractivity contribution in [2.45, 2.75) is 13.5 Å². The van der Waals surface area contributed by atoms with Crippen LogP contribution in [0.15, 0.2) is 30.5 Å². The number of aromatic nitrogens is 2. The molecule has 2 aromatic rings. The van der Waals surface area contributed by atoms with Gasteiger partial charge in [0, 0.05) is 6.92 Å². The highest BCUT2D eigenvalue weighted by molar-refractivity contribution is 5.93. The number of nitrogens with zero attached hydrogens (tertiary/aromatic N) is 3. The summed E-state index contributed by atoms with van der Waals surface area (Å²) in [6.07, 6.45) is 1.25. The van der Waals surface area contributed by atoms with Crippen LogP contribution in [-0.2, 0) is 23.2 Å². The molecule has 0 aliphatic heterocycles. The summed E-state index contributed by atoms with van der Waals surface area (Å²) in [5.74, 6) is -1.55. The highest BCUT2D eigenvalue weighted by Crippen LogP contribution is 2.20. The summed E-state index contributed by atoms with van der Waals surface area (Å²) in [7, 11) is 1.45. The largest absolute Gasteiger partial charge is 0.454 e. The maximum Gasteiger partial charge on any atom is 0.434 e. The molecular weight excluding hydrogens is 306 g/mol. The second-order valence-electron chi connectivity index (χ2n) is 4.53. The van der Waals surface area contributed by atoms with Gasteiger partial charge in [-0.2, -0.15) is 0 Å². The minimum Gasteiger partial charge on any atom is -0.454 e. The standard InChI is InChI=1S/C14H13N3O6/c1-9(18)23-12-6-4-3-5-11(12)13(19)22-8-10-7-15-14(16(10)2)17(20)21/h3-7H,8H2,1-2H3. The minimum atomic E-state index is -0.717. The molecule has 0 bridgehead atoms. The number of benzene rings is 1. The minimum absolute atomic E-state index is 0.0827. The van der Waals surface area contributed by atoms with Gasteiger partial charge in [-0.1, -0.05) is 17.1 Å². The van der Waals surface area contributed by atoms with Crippen molar-refractivity contribution in [3.63, 3.8) is 0 Å². The predicted molar refractivity (Wildman–Crippen MR) is 76.7 cm³/mol. The molecular formula is C14H13N3O6. The molecule has 0 saturated carbocycles. The van der Waals surface area contributed by atoms with E-state index in [0.717, 1.165) is 0 Å². The molecule has 1 aromatic carbocycles. The fourth-order valence-electron chi connectivity index (χ4n) is 1.83. The molecule has 0 N–H and O–H groups in total. The Morgan fingerprint density at radius 2 is 2.04 bits per heavy atom. The molecule has 0 radical (unpaired) electrons. The van der Waals surface area contributed by atoms with Crippen LogP contribution in [0.2, 0.25) is 0 Å². The maximum absolute atomic E-state index is 12.1. The van der Waals surface area contributed by atoms with E-state index >= 15 is 0 Å². The first-order valence-electron chi connectivity index (χ1n) is 6.49. The van der Waals surface area contributed by atoms with Gasteiger partial charge in [-0.25, -0.2) is 9.36 Å². The predicted octanol–water partition coefficient (Wildman–Crippen LogP) is 1.61. The van der Waals surface area contributed by atoms with E-state index in [0.29, 0.717) is 5.69 Å². The van der Waals surface area contributed by atoms with Gasteiger partial charge >= 0.3 is 17.9 Å². The van der Waals surface area contributed by atoms with E-state index in [1.54, 1.807) is 12.1 Å². The first-order valence-corrected chi connectivity index (χ1v) is 6.49. The van der Waals surface area contributed by atoms with Gasteiger partial charge in [0.2, 0.25) is 0 Å². The average Bonchev–Trinajstić information content (AvgIpc) is 2.86. The summed E-state index contributed by atoms with van der Waals surface area (Å²) in [6, 6.07) is 6.12. The van der Waals surface area contributed by atoms with Gasteiger partial charge in [0.25, 0.3) is 0 Å². The highest BCUT2D eigenvalue weighted by atomic mass is 16.6. The van der Waals surface area contributed by atoms with Crippen LogP contribution in [0.25, 0.3) is 0 Å². The lowest BCUT2D eigenvalue weighted by Gasteiger charge is -2.08. The Kier molecular flexibility index (Phi) is 4.69. The molecule has 1 aromatic heterocycles. The molecule has 0 atom stereocenters. The lowest BCUT2D eigenvalue weighted by molar-refractivity contribution is -0.396. The van der Waals surface area contributed by atoms with Gasteiger partial charge in [0.15, 0.2) is 5.69 Å². The lowest BCUT2D eigenvalue weighted by Crippen LogP contribution is -2.11. The monoisotopic (exact) mass is 319 g/mol. The zero-order valence-corrected chi connectivity index (χ0v) is 12.4. The van der Waals surface area contributed by atoms with Crippen LogP contribution in [0.3, 0.4) is 0 Å². The van der Waals surface area contributed by atoms with E-state index in [4.69, 9.17) is 9.47 Å². The molecule has 9 nitrogen and oxygen atoms in total. The van der Waals surface area contributed by atoms with Crippen LogP contribution in [0, 0.1) is 10.1 Å². The Hall–Kier alpha value is -3.23. The molecule has 0 aliphatic carbocycles. The van der Waals surface area contributed by atoms with Crippen molar-refractivity contribution in [3.05, 3.63) is 51.8 Å². The third kappa shape index (κ3) is 3.70. The van der Waals surface area contributed by atoms with Crippen molar-refractivity contribution >= 4 is 17.9 Å². The third-order valence-electron chi connectivity index (χ3n) is 2.93. The van der Waals surface area contributed by atoms with E-state index in [1.165, 1.54) is 36.9 Å². The van der Waals surface area contributed by atoms with Crippen LogP contribution in [0.4, 0.5) is 5.95 Å². The molecule has 1 heterocycles. The normalized spacial score (nSPS) is 10.2. The number of carbonyl (C=O) groups is 2. The zero-order valence-electron chi connectivity index (χ0n) is 12.4. The van der Waals surface area contributed by atoms with Crippen molar-refractivity contribution in [1.82, 2.24) is 9.55 Å². The molecule has 120 valence electrons. The Morgan fingerprint density at radius 3 is 2.65 bits per heavy atom. The van der Waals surface area contributed by atoms with Gasteiger partial charge in [-0.3, -0.25) is 4.79 Å². The number of para-hydroxylation sites is 1. The van der Waals surface area contributed by atoms with Crippen molar-refractivity contribution in [2.24, 2.45) is 7.05 Å². The van der Waals surface area contributed by atoms with Gasteiger partial charge in [0.1, 0.15) is 24.1 Å². The molecule has 9 heteroatoms. The first kappa shape index (κ1) is 16.1. The number of carbonyl (C=O) groups excluding carboxylic acids is 2. The molecule has 0 unspecified atom stereocenters. The van der Waals surface area contributed by atoms with Crippen molar-refractivity contribution < 1.29 is 24.0 Å². The highest BCUT2D eigenvalue weighted by Gasteiger charge is 2.20. The molecule has 0 saturated heterocycles. The van der Waals surface area contributed by atoms with Crippen LogP contribution in [-0.4, -0.2) is 26.4 Å². The summed E-state index contributed by atoms with van der Waals surface area (Å²) in [4.78, 5) is 36.8. The smallest absolute Gasteiger partial charge is 0.434 e. The zero-order chi connectivity index (χ0) is 17.0. The fraction of sp³-hybridized carbons (Fsp3) is 0.214. The quantitative estimate of drug-likeness (QED) is 0.356. The third-order valence-corrected chi connectivity index (χ3v) is 2.93. The molecule has 23 heavy (non-hydrogen) atoms. The summed E-state index contributed by atoms with van der Waals surface area (Å²) in [6.45, 7) is 1.02. The number of nitro groups is 1. The van der Waals surface area contributed by atoms with Gasteiger partial charge < -0.3 is 19.6 Å². The van der Waals surface area contributed by atoms with E-state index in [2.05, 4.69) is 4.98 Å². The van der Waals surface area contributed by atoms with E-state index in [9.17, 15) is 19.7 Å². The van der Waals surface area contributed by atoms with Gasteiger partial charge in [0.05, 0.1) is 7.05 Å². The Labute approximate surface area is 130 Å².